The summed E-state index contributed by atoms with van der Waals surface area (Å²) in [6, 6.07) is 2.74. The Bertz CT molecular complexity index is 806. The molecule has 0 aliphatic carbocycles. The Morgan fingerprint density at radius 2 is 2.17 bits per heavy atom. The molecule has 24 heavy (non-hydrogen) atoms. The Morgan fingerprint density at radius 1 is 1.38 bits per heavy atom. The van der Waals surface area contributed by atoms with Gasteiger partial charge in [0.15, 0.2) is 5.82 Å². The highest BCUT2D eigenvalue weighted by molar-refractivity contribution is 5.94. The van der Waals surface area contributed by atoms with Gasteiger partial charge in [-0.2, -0.15) is 0 Å². The van der Waals surface area contributed by atoms with E-state index in [-0.39, 0.29) is 23.8 Å². The van der Waals surface area contributed by atoms with Gasteiger partial charge in [-0.1, -0.05) is 0 Å². The molecule has 1 aliphatic rings. The molecule has 1 aromatic heterocycles. The minimum absolute atomic E-state index is 0.0412. The first-order valence-electron chi connectivity index (χ1n) is 7.03. The smallest absolute Gasteiger partial charge is 0.289 e. The van der Waals surface area contributed by atoms with E-state index >= 15 is 0 Å². The summed E-state index contributed by atoms with van der Waals surface area (Å²) in [6.07, 6.45) is -3.01. The third-order valence-corrected chi connectivity index (χ3v) is 3.55. The third-order valence-electron chi connectivity index (χ3n) is 3.55. The van der Waals surface area contributed by atoms with Gasteiger partial charge in [0, 0.05) is 18.7 Å². The molecule has 2 N–H and O–H groups in total. The molecule has 0 spiro atoms. The van der Waals surface area contributed by atoms with E-state index in [1.54, 1.807) is 4.57 Å². The monoisotopic (exact) mass is 339 g/mol. The minimum Gasteiger partial charge on any atom is -0.348 e. The molecule has 2 heterocycles. The zero-order chi connectivity index (χ0) is 17.3. The third kappa shape index (κ3) is 2.94. The van der Waals surface area contributed by atoms with Crippen LogP contribution in [0.1, 0.15) is 38.8 Å². The van der Waals surface area contributed by atoms with Crippen molar-refractivity contribution in [1.29, 1.82) is 0 Å². The molecule has 0 saturated heterocycles. The van der Waals surface area contributed by atoms with E-state index in [4.69, 9.17) is 0 Å². The number of fused-ring (bicyclic) bond motifs is 1. The SMILES string of the molecule is O=C(NCc1nnc2n1CCNC2=O)c1ccc(F)c(C(F)F)c1. The molecule has 2 aromatic rings. The fourth-order valence-electron chi connectivity index (χ4n) is 2.34. The fraction of sp³-hybridized carbons (Fsp3) is 0.286. The first-order chi connectivity index (χ1) is 11.5. The molecule has 0 unspecified atom stereocenters. The van der Waals surface area contributed by atoms with Crippen LogP contribution < -0.4 is 10.6 Å². The summed E-state index contributed by atoms with van der Waals surface area (Å²) >= 11 is 0. The molecule has 0 radical (unpaired) electrons. The zero-order valence-electron chi connectivity index (χ0n) is 12.2. The van der Waals surface area contributed by atoms with Crippen molar-refractivity contribution in [3.8, 4) is 0 Å². The lowest BCUT2D eigenvalue weighted by atomic mass is 10.1. The molecular formula is C14H12F3N5O2. The number of rotatable bonds is 4. The van der Waals surface area contributed by atoms with Crippen molar-refractivity contribution >= 4 is 11.8 Å². The quantitative estimate of drug-likeness (QED) is 0.871. The van der Waals surface area contributed by atoms with Gasteiger partial charge in [-0.25, -0.2) is 13.2 Å². The highest BCUT2D eigenvalue weighted by Crippen LogP contribution is 2.23. The molecule has 1 aliphatic heterocycles. The molecule has 3 rings (SSSR count). The topological polar surface area (TPSA) is 88.9 Å². The van der Waals surface area contributed by atoms with Crippen molar-refractivity contribution in [2.45, 2.75) is 19.5 Å². The number of halogens is 3. The molecule has 0 saturated carbocycles. The largest absolute Gasteiger partial charge is 0.348 e. The van der Waals surface area contributed by atoms with Crippen LogP contribution in [0.5, 0.6) is 0 Å². The molecule has 0 fully saturated rings. The number of hydrogen-bond donors (Lipinski definition) is 2. The molecule has 126 valence electrons. The lowest BCUT2D eigenvalue weighted by molar-refractivity contribution is 0.0920. The van der Waals surface area contributed by atoms with Crippen molar-refractivity contribution < 1.29 is 22.8 Å². The number of alkyl halides is 2. The van der Waals surface area contributed by atoms with Gasteiger partial charge >= 0.3 is 0 Å². The molecule has 0 atom stereocenters. The van der Waals surface area contributed by atoms with E-state index in [0.29, 0.717) is 18.9 Å². The van der Waals surface area contributed by atoms with E-state index in [9.17, 15) is 22.8 Å². The first-order valence-corrected chi connectivity index (χ1v) is 7.03. The minimum atomic E-state index is -3.01. The van der Waals surface area contributed by atoms with Gasteiger partial charge in [0.05, 0.1) is 12.1 Å². The average molecular weight is 339 g/mol. The summed E-state index contributed by atoms with van der Waals surface area (Å²) in [5.74, 6) is -1.57. The zero-order valence-corrected chi connectivity index (χ0v) is 12.2. The average Bonchev–Trinajstić information content (AvgIpc) is 2.97. The van der Waals surface area contributed by atoms with E-state index < -0.39 is 23.7 Å². The van der Waals surface area contributed by atoms with Crippen LogP contribution in [0.4, 0.5) is 13.2 Å². The second kappa shape index (κ2) is 6.30. The summed E-state index contributed by atoms with van der Waals surface area (Å²) in [5.41, 5.74) is -0.929. The van der Waals surface area contributed by atoms with Crippen molar-refractivity contribution in [2.75, 3.05) is 6.54 Å². The molecule has 10 heteroatoms. The van der Waals surface area contributed by atoms with Gasteiger partial charge < -0.3 is 15.2 Å². The number of benzene rings is 1. The summed E-state index contributed by atoms with van der Waals surface area (Å²) in [5, 5.41) is 12.7. The molecular weight excluding hydrogens is 327 g/mol. The number of nitrogens with one attached hydrogen (secondary N) is 2. The van der Waals surface area contributed by atoms with Crippen LogP contribution in [-0.2, 0) is 13.1 Å². The lowest BCUT2D eigenvalue weighted by Crippen LogP contribution is -2.37. The van der Waals surface area contributed by atoms with Crippen LogP contribution >= 0.6 is 0 Å². The number of aromatic nitrogens is 3. The maximum Gasteiger partial charge on any atom is 0.289 e. The van der Waals surface area contributed by atoms with Gasteiger partial charge in [0.25, 0.3) is 18.2 Å². The maximum atomic E-state index is 13.2. The molecule has 1 aromatic carbocycles. The van der Waals surface area contributed by atoms with Crippen molar-refractivity contribution in [3.05, 3.63) is 46.8 Å². The van der Waals surface area contributed by atoms with Crippen LogP contribution in [0.25, 0.3) is 0 Å². The molecule has 0 bridgehead atoms. The second-order valence-corrected chi connectivity index (χ2v) is 5.07. The Labute approximate surface area is 133 Å². The summed E-state index contributed by atoms with van der Waals surface area (Å²) in [4.78, 5) is 23.6. The second-order valence-electron chi connectivity index (χ2n) is 5.07. The van der Waals surface area contributed by atoms with Crippen molar-refractivity contribution in [3.63, 3.8) is 0 Å². The van der Waals surface area contributed by atoms with E-state index in [1.165, 1.54) is 0 Å². The number of amides is 2. The summed E-state index contributed by atoms with van der Waals surface area (Å²) in [6.45, 7) is 0.840. The van der Waals surface area contributed by atoms with Gasteiger partial charge in [0.2, 0.25) is 5.82 Å². The van der Waals surface area contributed by atoms with E-state index in [0.717, 1.165) is 18.2 Å². The number of carbonyl (C=O) groups is 2. The van der Waals surface area contributed by atoms with Gasteiger partial charge in [-0.3, -0.25) is 9.59 Å². The molecule has 7 nitrogen and oxygen atoms in total. The van der Waals surface area contributed by atoms with Crippen LogP contribution in [-0.4, -0.2) is 33.1 Å². The van der Waals surface area contributed by atoms with E-state index in [2.05, 4.69) is 20.8 Å². The highest BCUT2D eigenvalue weighted by Gasteiger charge is 2.23. The Kier molecular flexibility index (Phi) is 4.19. The van der Waals surface area contributed by atoms with Crippen LogP contribution in [0, 0.1) is 5.82 Å². The first kappa shape index (κ1) is 16.0. The fourth-order valence-corrected chi connectivity index (χ4v) is 2.34. The van der Waals surface area contributed by atoms with Gasteiger partial charge in [-0.05, 0) is 18.2 Å². The predicted molar refractivity (Wildman–Crippen MR) is 74.9 cm³/mol. The summed E-state index contributed by atoms with van der Waals surface area (Å²) in [7, 11) is 0. The number of hydrogen-bond acceptors (Lipinski definition) is 4. The maximum absolute atomic E-state index is 13.2. The van der Waals surface area contributed by atoms with E-state index in [1.807, 2.05) is 0 Å². The van der Waals surface area contributed by atoms with Crippen LogP contribution in [0.3, 0.4) is 0 Å². The number of nitrogens with zero attached hydrogens (tertiary/aromatic N) is 3. The van der Waals surface area contributed by atoms with Gasteiger partial charge in [0.1, 0.15) is 5.82 Å². The summed E-state index contributed by atoms with van der Waals surface area (Å²) < 4.78 is 40.2. The Morgan fingerprint density at radius 3 is 2.92 bits per heavy atom. The van der Waals surface area contributed by atoms with Crippen LogP contribution in [0.15, 0.2) is 18.2 Å². The predicted octanol–water partition coefficient (Wildman–Crippen LogP) is 1.03. The van der Waals surface area contributed by atoms with Crippen molar-refractivity contribution in [2.24, 2.45) is 0 Å². The Hall–Kier alpha value is -2.91. The number of carbonyl (C=O) groups excluding carboxylic acids is 2. The highest BCUT2D eigenvalue weighted by atomic mass is 19.3. The standard InChI is InChI=1S/C14H12F3N5O2/c15-9-2-1-7(5-8(9)11(16)17)13(23)19-6-10-20-21-12-14(24)18-3-4-22(10)12/h1-2,5,11H,3-4,6H2,(H,18,24)(H,19,23). The Balaban J connectivity index is 1.73. The normalized spacial score (nSPS) is 13.6. The van der Waals surface area contributed by atoms with Crippen molar-refractivity contribution in [1.82, 2.24) is 25.4 Å². The lowest BCUT2D eigenvalue weighted by Gasteiger charge is -2.15. The molecule has 2 amide bonds. The van der Waals surface area contributed by atoms with Gasteiger partial charge in [-0.15, -0.1) is 10.2 Å². The van der Waals surface area contributed by atoms with Crippen LogP contribution in [0.2, 0.25) is 0 Å².